The van der Waals surface area contributed by atoms with Crippen LogP contribution in [0.2, 0.25) is 0 Å². The summed E-state index contributed by atoms with van der Waals surface area (Å²) in [4.78, 5) is 13.3. The molecule has 0 radical (unpaired) electrons. The number of carboxylic acid groups (broad SMARTS) is 1. The molecule has 1 aromatic rings. The van der Waals surface area contributed by atoms with Crippen molar-refractivity contribution in [1.82, 2.24) is 0 Å². The monoisotopic (exact) mass is 299 g/mol. The van der Waals surface area contributed by atoms with Crippen LogP contribution in [0.4, 0.5) is 5.69 Å². The van der Waals surface area contributed by atoms with Gasteiger partial charge in [0.1, 0.15) is 0 Å². The third-order valence-corrected chi connectivity index (χ3v) is 3.08. The molecule has 0 bridgehead atoms. The van der Waals surface area contributed by atoms with Crippen LogP contribution >= 0.6 is 15.9 Å². The van der Waals surface area contributed by atoms with Crippen LogP contribution in [0.25, 0.3) is 0 Å². The Morgan fingerprint density at radius 3 is 2.59 bits per heavy atom. The van der Waals surface area contributed by atoms with Crippen molar-refractivity contribution < 1.29 is 9.90 Å². The number of benzene rings is 1. The van der Waals surface area contributed by atoms with Crippen molar-refractivity contribution in [3.8, 4) is 0 Å². The summed E-state index contributed by atoms with van der Waals surface area (Å²) >= 11 is 3.39. The molecule has 0 atom stereocenters. The first-order chi connectivity index (χ1) is 7.97. The van der Waals surface area contributed by atoms with E-state index in [2.05, 4.69) is 41.6 Å². The zero-order valence-electron chi connectivity index (χ0n) is 10.4. The van der Waals surface area contributed by atoms with Gasteiger partial charge in [-0.3, -0.25) is 0 Å². The molecular weight excluding hydrogens is 282 g/mol. The van der Waals surface area contributed by atoms with E-state index in [-0.39, 0.29) is 6.04 Å². The van der Waals surface area contributed by atoms with Crippen molar-refractivity contribution in [3.05, 3.63) is 28.2 Å². The van der Waals surface area contributed by atoms with Crippen LogP contribution in [0.5, 0.6) is 0 Å². The molecule has 1 N–H and O–H groups in total. The predicted octanol–water partition coefficient (Wildman–Crippen LogP) is 3.77. The highest BCUT2D eigenvalue weighted by Crippen LogP contribution is 2.27. The van der Waals surface area contributed by atoms with Gasteiger partial charge in [0.25, 0.3) is 0 Å². The summed E-state index contributed by atoms with van der Waals surface area (Å²) in [6.07, 6.45) is 0.990. The van der Waals surface area contributed by atoms with E-state index in [1.165, 1.54) is 0 Å². The molecule has 1 rings (SSSR count). The molecule has 0 unspecified atom stereocenters. The Morgan fingerprint density at radius 1 is 1.47 bits per heavy atom. The van der Waals surface area contributed by atoms with Gasteiger partial charge in [0.05, 0.1) is 11.3 Å². The van der Waals surface area contributed by atoms with Crippen molar-refractivity contribution in [3.63, 3.8) is 0 Å². The van der Waals surface area contributed by atoms with Crippen LogP contribution in [0, 0.1) is 0 Å². The van der Waals surface area contributed by atoms with E-state index in [1.54, 1.807) is 12.1 Å². The number of nitrogens with zero attached hydrogens (tertiary/aromatic N) is 1. The van der Waals surface area contributed by atoms with Crippen molar-refractivity contribution in [1.29, 1.82) is 0 Å². The fourth-order valence-corrected chi connectivity index (χ4v) is 2.17. The second-order valence-corrected chi connectivity index (χ2v) is 5.17. The number of hydrogen-bond donors (Lipinski definition) is 1. The summed E-state index contributed by atoms with van der Waals surface area (Å²) < 4.78 is 0.902. The molecule has 1 aromatic carbocycles. The third kappa shape index (κ3) is 3.46. The number of carboxylic acids is 1. The Hall–Kier alpha value is -1.03. The maximum absolute atomic E-state index is 11.2. The highest BCUT2D eigenvalue weighted by Gasteiger charge is 2.17. The number of carbonyl (C=O) groups is 1. The van der Waals surface area contributed by atoms with E-state index in [0.29, 0.717) is 5.56 Å². The Balaban J connectivity index is 3.24. The van der Waals surface area contributed by atoms with Gasteiger partial charge >= 0.3 is 5.97 Å². The average molecular weight is 300 g/mol. The van der Waals surface area contributed by atoms with Crippen LogP contribution in [0.1, 0.15) is 37.6 Å². The molecule has 0 amide bonds. The first kappa shape index (κ1) is 14.0. The Morgan fingerprint density at radius 2 is 2.12 bits per heavy atom. The molecule has 0 heterocycles. The first-order valence-corrected chi connectivity index (χ1v) is 6.56. The number of hydrogen-bond acceptors (Lipinski definition) is 2. The summed E-state index contributed by atoms with van der Waals surface area (Å²) in [5.74, 6) is -0.880. The second kappa shape index (κ2) is 6.05. The normalized spacial score (nSPS) is 10.6. The molecule has 3 nitrogen and oxygen atoms in total. The van der Waals surface area contributed by atoms with Crippen LogP contribution in [-0.2, 0) is 0 Å². The van der Waals surface area contributed by atoms with E-state index in [4.69, 9.17) is 0 Å². The van der Waals surface area contributed by atoms with E-state index in [0.717, 1.165) is 23.1 Å². The number of rotatable bonds is 5. The second-order valence-electron chi connectivity index (χ2n) is 4.25. The largest absolute Gasteiger partial charge is 0.478 e. The predicted molar refractivity (Wildman–Crippen MR) is 73.9 cm³/mol. The van der Waals surface area contributed by atoms with Gasteiger partial charge in [-0.05, 0) is 38.5 Å². The topological polar surface area (TPSA) is 40.5 Å². The Bertz CT molecular complexity index is 404. The molecule has 0 aliphatic rings. The molecule has 0 saturated carbocycles. The van der Waals surface area contributed by atoms with Gasteiger partial charge in [-0.1, -0.05) is 22.9 Å². The maximum atomic E-state index is 11.2. The molecule has 0 aromatic heterocycles. The van der Waals surface area contributed by atoms with Gasteiger partial charge < -0.3 is 10.0 Å². The lowest BCUT2D eigenvalue weighted by atomic mass is 10.1. The van der Waals surface area contributed by atoms with Crippen LogP contribution in [0.3, 0.4) is 0 Å². The van der Waals surface area contributed by atoms with Crippen molar-refractivity contribution in [2.24, 2.45) is 0 Å². The van der Waals surface area contributed by atoms with Crippen molar-refractivity contribution >= 4 is 27.6 Å². The summed E-state index contributed by atoms with van der Waals surface area (Å²) in [6.45, 7) is 7.09. The smallest absolute Gasteiger partial charge is 0.337 e. The van der Waals surface area contributed by atoms with Gasteiger partial charge in [-0.2, -0.15) is 0 Å². The molecule has 0 fully saturated rings. The summed E-state index contributed by atoms with van der Waals surface area (Å²) in [5, 5.41) is 9.21. The lowest BCUT2D eigenvalue weighted by Gasteiger charge is -2.30. The van der Waals surface area contributed by atoms with Crippen molar-refractivity contribution in [2.45, 2.75) is 33.2 Å². The Labute approximate surface area is 111 Å². The van der Waals surface area contributed by atoms with Gasteiger partial charge in [-0.25, -0.2) is 4.79 Å². The molecule has 0 aliphatic carbocycles. The highest BCUT2D eigenvalue weighted by atomic mass is 79.9. The lowest BCUT2D eigenvalue weighted by Crippen LogP contribution is -2.32. The van der Waals surface area contributed by atoms with E-state index in [1.807, 2.05) is 6.07 Å². The van der Waals surface area contributed by atoms with Crippen molar-refractivity contribution in [2.75, 3.05) is 11.4 Å². The minimum absolute atomic E-state index is 0.280. The van der Waals surface area contributed by atoms with Crippen LogP contribution in [-0.4, -0.2) is 23.7 Å². The van der Waals surface area contributed by atoms with E-state index in [9.17, 15) is 9.90 Å². The lowest BCUT2D eigenvalue weighted by molar-refractivity contribution is 0.0697. The zero-order valence-corrected chi connectivity index (χ0v) is 12.0. The van der Waals surface area contributed by atoms with Gasteiger partial charge in [-0.15, -0.1) is 0 Å². The maximum Gasteiger partial charge on any atom is 0.337 e. The fraction of sp³-hybridized carbons (Fsp3) is 0.462. The van der Waals surface area contributed by atoms with E-state index >= 15 is 0 Å². The molecule has 0 aliphatic heterocycles. The Kier molecular flexibility index (Phi) is 5.00. The highest BCUT2D eigenvalue weighted by molar-refractivity contribution is 9.10. The molecule has 0 saturated heterocycles. The van der Waals surface area contributed by atoms with Gasteiger partial charge in [0.15, 0.2) is 0 Å². The van der Waals surface area contributed by atoms with Gasteiger partial charge in [0, 0.05) is 17.1 Å². The summed E-state index contributed by atoms with van der Waals surface area (Å²) in [6, 6.07) is 5.56. The fourth-order valence-electron chi connectivity index (χ4n) is 1.82. The quantitative estimate of drug-likeness (QED) is 0.900. The van der Waals surface area contributed by atoms with E-state index < -0.39 is 5.97 Å². The molecule has 0 spiro atoms. The summed E-state index contributed by atoms with van der Waals surface area (Å²) in [5.41, 5.74) is 1.14. The number of anilines is 1. The molecular formula is C13H18BrNO2. The number of halogens is 1. The number of aromatic carboxylic acids is 1. The SMILES string of the molecule is CCCN(c1cc(Br)ccc1C(=O)O)C(C)C. The average Bonchev–Trinajstić information content (AvgIpc) is 2.24. The summed E-state index contributed by atoms with van der Waals surface area (Å²) in [7, 11) is 0. The standard InChI is InChI=1S/C13H18BrNO2/c1-4-7-15(9(2)3)12-8-10(14)5-6-11(12)13(16)17/h5-6,8-9H,4,7H2,1-3H3,(H,16,17). The third-order valence-electron chi connectivity index (χ3n) is 2.59. The van der Waals surface area contributed by atoms with Crippen LogP contribution < -0.4 is 4.90 Å². The minimum Gasteiger partial charge on any atom is -0.478 e. The molecule has 17 heavy (non-hydrogen) atoms. The first-order valence-electron chi connectivity index (χ1n) is 5.76. The molecule has 94 valence electrons. The minimum atomic E-state index is -0.880. The van der Waals surface area contributed by atoms with Crippen LogP contribution in [0.15, 0.2) is 22.7 Å². The zero-order chi connectivity index (χ0) is 13.0. The van der Waals surface area contributed by atoms with Gasteiger partial charge in [0.2, 0.25) is 0 Å². The molecule has 4 heteroatoms.